The van der Waals surface area contributed by atoms with Crippen molar-refractivity contribution in [2.24, 2.45) is 5.92 Å². The SMILES string of the molecule is CC(CCNC(=O)N1C2CCC1C(C(=O)O)C2)S(C)=O. The first-order valence-electron chi connectivity index (χ1n) is 7.03. The van der Waals surface area contributed by atoms with E-state index in [2.05, 4.69) is 5.32 Å². The maximum absolute atomic E-state index is 12.2. The number of amides is 2. The molecule has 0 saturated carbocycles. The molecule has 2 heterocycles. The summed E-state index contributed by atoms with van der Waals surface area (Å²) in [7, 11) is -0.883. The van der Waals surface area contributed by atoms with Crippen LogP contribution < -0.4 is 5.32 Å². The molecular weight excluding hydrogens is 280 g/mol. The first-order chi connectivity index (χ1) is 9.41. The minimum atomic E-state index is -0.883. The van der Waals surface area contributed by atoms with E-state index in [9.17, 15) is 13.8 Å². The molecule has 2 rings (SSSR count). The number of carbonyl (C=O) groups is 2. The summed E-state index contributed by atoms with van der Waals surface area (Å²) in [6.45, 7) is 2.37. The minimum Gasteiger partial charge on any atom is -0.481 e. The molecule has 0 aromatic heterocycles. The van der Waals surface area contributed by atoms with Gasteiger partial charge in [-0.3, -0.25) is 9.00 Å². The third-order valence-electron chi connectivity index (χ3n) is 4.48. The van der Waals surface area contributed by atoms with Crippen molar-refractivity contribution in [3.05, 3.63) is 0 Å². The van der Waals surface area contributed by atoms with Gasteiger partial charge in [-0.15, -0.1) is 0 Å². The fraction of sp³-hybridized carbons (Fsp3) is 0.846. The van der Waals surface area contributed by atoms with Gasteiger partial charge in [0.05, 0.1) is 5.92 Å². The standard InChI is InChI=1S/C13H22N2O4S/c1-8(20(2)19)5-6-14-13(18)15-9-3-4-11(15)10(7-9)12(16)17/h8-11H,3-7H2,1-2H3,(H,14,18)(H,16,17). The van der Waals surface area contributed by atoms with E-state index in [1.54, 1.807) is 11.2 Å². The smallest absolute Gasteiger partial charge is 0.317 e. The third-order valence-corrected chi connectivity index (χ3v) is 5.85. The number of hydrogen-bond donors (Lipinski definition) is 2. The number of fused-ring (bicyclic) bond motifs is 2. The first kappa shape index (κ1) is 15.3. The second-order valence-corrected chi connectivity index (χ2v) is 7.52. The number of rotatable bonds is 5. The molecule has 0 aromatic carbocycles. The Hall–Kier alpha value is -1.11. The molecular formula is C13H22N2O4S. The molecule has 2 bridgehead atoms. The van der Waals surface area contributed by atoms with Crippen molar-refractivity contribution in [1.29, 1.82) is 0 Å². The van der Waals surface area contributed by atoms with Gasteiger partial charge in [0.2, 0.25) is 0 Å². The molecule has 0 aliphatic carbocycles. The fourth-order valence-electron chi connectivity index (χ4n) is 3.21. The Morgan fingerprint density at radius 3 is 2.70 bits per heavy atom. The van der Waals surface area contributed by atoms with Gasteiger partial charge in [0, 0.05) is 40.9 Å². The summed E-state index contributed by atoms with van der Waals surface area (Å²) in [6, 6.07) is -0.260. The number of urea groups is 1. The monoisotopic (exact) mass is 302 g/mol. The molecule has 5 atom stereocenters. The van der Waals surface area contributed by atoms with E-state index in [0.717, 1.165) is 12.8 Å². The summed E-state index contributed by atoms with van der Waals surface area (Å²) in [6.07, 6.45) is 4.58. The molecule has 114 valence electrons. The zero-order valence-corrected chi connectivity index (χ0v) is 12.7. The van der Waals surface area contributed by atoms with Crippen LogP contribution in [0.5, 0.6) is 0 Å². The van der Waals surface area contributed by atoms with Crippen LogP contribution in [-0.4, -0.2) is 56.3 Å². The third kappa shape index (κ3) is 2.97. The van der Waals surface area contributed by atoms with Gasteiger partial charge in [-0.1, -0.05) is 6.92 Å². The van der Waals surface area contributed by atoms with Gasteiger partial charge in [-0.05, 0) is 25.7 Å². The average Bonchev–Trinajstić information content (AvgIpc) is 2.95. The molecule has 0 spiro atoms. The van der Waals surface area contributed by atoms with Crippen molar-refractivity contribution in [2.45, 2.75) is 49.9 Å². The number of aliphatic carboxylic acids is 1. The number of nitrogens with zero attached hydrogens (tertiary/aromatic N) is 1. The molecule has 2 aliphatic heterocycles. The highest BCUT2D eigenvalue weighted by Gasteiger charge is 2.51. The molecule has 6 nitrogen and oxygen atoms in total. The van der Waals surface area contributed by atoms with Gasteiger partial charge in [0.25, 0.3) is 0 Å². The van der Waals surface area contributed by atoms with Crippen molar-refractivity contribution >= 4 is 22.8 Å². The molecule has 2 N–H and O–H groups in total. The van der Waals surface area contributed by atoms with E-state index in [4.69, 9.17) is 5.11 Å². The molecule has 20 heavy (non-hydrogen) atoms. The van der Waals surface area contributed by atoms with E-state index >= 15 is 0 Å². The van der Waals surface area contributed by atoms with Crippen LogP contribution in [0.3, 0.4) is 0 Å². The number of carboxylic acids is 1. The lowest BCUT2D eigenvalue weighted by Crippen LogP contribution is -2.44. The van der Waals surface area contributed by atoms with Crippen LogP contribution >= 0.6 is 0 Å². The highest BCUT2D eigenvalue weighted by Crippen LogP contribution is 2.41. The van der Waals surface area contributed by atoms with Gasteiger partial charge in [-0.2, -0.15) is 0 Å². The van der Waals surface area contributed by atoms with Crippen molar-refractivity contribution in [2.75, 3.05) is 12.8 Å². The van der Waals surface area contributed by atoms with Crippen molar-refractivity contribution in [3.63, 3.8) is 0 Å². The summed E-state index contributed by atoms with van der Waals surface area (Å²) in [4.78, 5) is 25.0. The van der Waals surface area contributed by atoms with Gasteiger partial charge >= 0.3 is 12.0 Å². The summed E-state index contributed by atoms with van der Waals surface area (Å²) < 4.78 is 11.2. The molecule has 0 aromatic rings. The van der Waals surface area contributed by atoms with Crippen LogP contribution in [0.4, 0.5) is 4.79 Å². The molecule has 2 aliphatic rings. The van der Waals surface area contributed by atoms with E-state index in [1.807, 2.05) is 6.92 Å². The number of hydrogen-bond acceptors (Lipinski definition) is 3. The number of nitrogens with one attached hydrogen (secondary N) is 1. The maximum atomic E-state index is 12.2. The van der Waals surface area contributed by atoms with Crippen LogP contribution in [0, 0.1) is 5.92 Å². The Morgan fingerprint density at radius 2 is 2.15 bits per heavy atom. The van der Waals surface area contributed by atoms with Crippen LogP contribution in [0.1, 0.15) is 32.6 Å². The average molecular weight is 302 g/mol. The lowest BCUT2D eigenvalue weighted by molar-refractivity contribution is -0.142. The largest absolute Gasteiger partial charge is 0.481 e. The Balaban J connectivity index is 1.85. The van der Waals surface area contributed by atoms with Gasteiger partial charge in [0.15, 0.2) is 0 Å². The predicted molar refractivity (Wildman–Crippen MR) is 75.9 cm³/mol. The van der Waals surface area contributed by atoms with Crippen molar-refractivity contribution in [1.82, 2.24) is 10.2 Å². The summed E-state index contributed by atoms with van der Waals surface area (Å²) >= 11 is 0. The Labute approximate surface area is 121 Å². The van der Waals surface area contributed by atoms with Gasteiger partial charge in [0.1, 0.15) is 0 Å². The normalized spacial score (nSPS) is 31.1. The molecule has 5 unspecified atom stereocenters. The summed E-state index contributed by atoms with van der Waals surface area (Å²) in [5, 5.41) is 12.0. The molecule has 2 amide bonds. The lowest BCUT2D eigenvalue weighted by atomic mass is 9.89. The van der Waals surface area contributed by atoms with E-state index in [0.29, 0.717) is 19.4 Å². The Morgan fingerprint density at radius 1 is 1.45 bits per heavy atom. The van der Waals surface area contributed by atoms with Crippen molar-refractivity contribution < 1.29 is 18.9 Å². The van der Waals surface area contributed by atoms with Gasteiger partial charge < -0.3 is 15.3 Å². The van der Waals surface area contributed by atoms with Gasteiger partial charge in [-0.25, -0.2) is 4.79 Å². The topological polar surface area (TPSA) is 86.7 Å². The van der Waals surface area contributed by atoms with Crippen LogP contribution in [0.25, 0.3) is 0 Å². The number of carboxylic acid groups (broad SMARTS) is 1. The molecule has 0 radical (unpaired) electrons. The van der Waals surface area contributed by atoms with E-state index in [1.165, 1.54) is 0 Å². The maximum Gasteiger partial charge on any atom is 0.317 e. The second kappa shape index (κ2) is 6.11. The lowest BCUT2D eigenvalue weighted by Gasteiger charge is -2.23. The van der Waals surface area contributed by atoms with Crippen molar-refractivity contribution in [3.8, 4) is 0 Å². The fourth-order valence-corrected chi connectivity index (χ4v) is 3.66. The summed E-state index contributed by atoms with van der Waals surface area (Å²) in [5.41, 5.74) is 0. The van der Waals surface area contributed by atoms with Crippen LogP contribution in [0.15, 0.2) is 0 Å². The molecule has 2 fully saturated rings. The Kier molecular flexibility index (Phi) is 4.67. The minimum absolute atomic E-state index is 0.0531. The second-order valence-electron chi connectivity index (χ2n) is 5.72. The number of carbonyl (C=O) groups excluding carboxylic acids is 1. The highest BCUT2D eigenvalue weighted by molar-refractivity contribution is 7.84. The van der Waals surface area contributed by atoms with Crippen LogP contribution in [0.2, 0.25) is 0 Å². The van der Waals surface area contributed by atoms with E-state index < -0.39 is 22.7 Å². The quantitative estimate of drug-likeness (QED) is 0.786. The summed E-state index contributed by atoms with van der Waals surface area (Å²) in [5.74, 6) is -1.22. The Bertz CT molecular complexity index is 429. The predicted octanol–water partition coefficient (Wildman–Crippen LogP) is 0.791. The highest BCUT2D eigenvalue weighted by atomic mass is 32.2. The first-order valence-corrected chi connectivity index (χ1v) is 8.65. The zero-order valence-electron chi connectivity index (χ0n) is 11.9. The van der Waals surface area contributed by atoms with E-state index in [-0.39, 0.29) is 23.4 Å². The molecule has 2 saturated heterocycles. The zero-order chi connectivity index (χ0) is 14.9. The molecule has 7 heteroatoms. The van der Waals surface area contributed by atoms with Crippen LogP contribution in [-0.2, 0) is 15.6 Å².